The molecule has 1 saturated carbocycles. The van der Waals surface area contributed by atoms with Crippen molar-refractivity contribution in [2.24, 2.45) is 17.3 Å². The van der Waals surface area contributed by atoms with Crippen LogP contribution in [0.2, 0.25) is 0 Å². The molecule has 2 aromatic rings. The van der Waals surface area contributed by atoms with Gasteiger partial charge in [0.1, 0.15) is 17.8 Å². The highest BCUT2D eigenvalue weighted by molar-refractivity contribution is 5.91. The standard InChI is InChI=1S/C24H26O3/c1-24-10-9-19-18-8-6-17(26-2)12-15(18)5-7-20(19)21(24)13-16(14-25)23(24)22-4-3-11-27-22/h3-4,6,8,11-12,14,19-21H,5,7,9-10,13H2,1-2H3/t19-,20-,21+,24+/m1/s1. The fraction of sp³-hybridized carbons (Fsp3) is 0.458. The second kappa shape index (κ2) is 6.12. The molecule has 0 spiro atoms. The van der Waals surface area contributed by atoms with Gasteiger partial charge >= 0.3 is 0 Å². The number of carbonyl (C=O) groups excluding carboxylic acids is 1. The van der Waals surface area contributed by atoms with E-state index in [0.717, 1.165) is 42.6 Å². The maximum absolute atomic E-state index is 11.9. The average molecular weight is 362 g/mol. The molecule has 4 atom stereocenters. The number of carbonyl (C=O) groups is 1. The van der Waals surface area contributed by atoms with Crippen LogP contribution in [0.5, 0.6) is 5.75 Å². The van der Waals surface area contributed by atoms with Gasteiger partial charge in [0.2, 0.25) is 0 Å². The Morgan fingerprint density at radius 2 is 2.15 bits per heavy atom. The van der Waals surface area contributed by atoms with Crippen molar-refractivity contribution in [2.75, 3.05) is 7.11 Å². The van der Waals surface area contributed by atoms with Crippen molar-refractivity contribution in [3.05, 3.63) is 59.1 Å². The first-order valence-electron chi connectivity index (χ1n) is 10.0. The van der Waals surface area contributed by atoms with Crippen molar-refractivity contribution in [2.45, 2.75) is 44.9 Å². The number of aldehydes is 1. The van der Waals surface area contributed by atoms with Gasteiger partial charge in [-0.15, -0.1) is 0 Å². The highest BCUT2D eigenvalue weighted by Crippen LogP contribution is 2.64. The predicted octanol–water partition coefficient (Wildman–Crippen LogP) is 5.41. The highest BCUT2D eigenvalue weighted by Gasteiger charge is 2.54. The summed E-state index contributed by atoms with van der Waals surface area (Å²) in [4.78, 5) is 11.9. The number of allylic oxidation sites excluding steroid dienone is 2. The van der Waals surface area contributed by atoms with E-state index in [0.29, 0.717) is 17.8 Å². The first kappa shape index (κ1) is 16.9. The molecule has 1 aromatic heterocycles. The summed E-state index contributed by atoms with van der Waals surface area (Å²) in [6.45, 7) is 2.37. The number of fused-ring (bicyclic) bond motifs is 5. The lowest BCUT2D eigenvalue weighted by molar-refractivity contribution is -0.105. The van der Waals surface area contributed by atoms with Crippen LogP contribution < -0.4 is 4.74 Å². The normalized spacial score (nSPS) is 31.9. The molecule has 3 aliphatic carbocycles. The van der Waals surface area contributed by atoms with Crippen LogP contribution in [0.15, 0.2) is 46.6 Å². The quantitative estimate of drug-likeness (QED) is 0.686. The summed E-state index contributed by atoms with van der Waals surface area (Å²) < 4.78 is 11.2. The lowest BCUT2D eigenvalue weighted by atomic mass is 9.54. The molecule has 0 amide bonds. The van der Waals surface area contributed by atoms with E-state index in [9.17, 15) is 4.79 Å². The van der Waals surface area contributed by atoms with E-state index in [1.54, 1.807) is 13.4 Å². The zero-order chi connectivity index (χ0) is 18.6. The number of methoxy groups -OCH3 is 1. The lowest BCUT2D eigenvalue weighted by Gasteiger charge is -2.50. The molecular weight excluding hydrogens is 336 g/mol. The maximum atomic E-state index is 11.9. The Hall–Kier alpha value is -2.29. The molecule has 1 fully saturated rings. The van der Waals surface area contributed by atoms with Gasteiger partial charge in [0.05, 0.1) is 13.4 Å². The number of ether oxygens (including phenoxy) is 1. The first-order chi connectivity index (χ1) is 13.2. The van der Waals surface area contributed by atoms with Gasteiger partial charge in [0, 0.05) is 5.57 Å². The van der Waals surface area contributed by atoms with E-state index < -0.39 is 0 Å². The van der Waals surface area contributed by atoms with Crippen molar-refractivity contribution in [3.63, 3.8) is 0 Å². The van der Waals surface area contributed by atoms with Crippen molar-refractivity contribution < 1.29 is 13.9 Å². The molecule has 5 rings (SSSR count). The van der Waals surface area contributed by atoms with Gasteiger partial charge in [-0.05, 0) is 96.2 Å². The van der Waals surface area contributed by atoms with Gasteiger partial charge in [0.15, 0.2) is 0 Å². The number of rotatable bonds is 3. The van der Waals surface area contributed by atoms with Gasteiger partial charge in [-0.1, -0.05) is 13.0 Å². The van der Waals surface area contributed by atoms with Crippen LogP contribution >= 0.6 is 0 Å². The van der Waals surface area contributed by atoms with Gasteiger partial charge < -0.3 is 9.15 Å². The zero-order valence-corrected chi connectivity index (χ0v) is 16.0. The molecule has 0 bridgehead atoms. The summed E-state index contributed by atoms with van der Waals surface area (Å²) >= 11 is 0. The van der Waals surface area contributed by atoms with E-state index in [-0.39, 0.29) is 5.41 Å². The minimum Gasteiger partial charge on any atom is -0.497 e. The van der Waals surface area contributed by atoms with Gasteiger partial charge in [-0.25, -0.2) is 0 Å². The van der Waals surface area contributed by atoms with Crippen LogP contribution in [-0.4, -0.2) is 13.4 Å². The summed E-state index contributed by atoms with van der Waals surface area (Å²) in [7, 11) is 1.74. The van der Waals surface area contributed by atoms with Gasteiger partial charge in [-0.3, -0.25) is 4.79 Å². The third-order valence-electron chi connectivity index (χ3n) is 7.57. The molecule has 0 aliphatic heterocycles. The molecular formula is C24H26O3. The van der Waals surface area contributed by atoms with E-state index in [1.807, 2.05) is 12.1 Å². The Kier molecular flexibility index (Phi) is 3.82. The van der Waals surface area contributed by atoms with E-state index in [1.165, 1.54) is 29.5 Å². The number of furan rings is 1. The van der Waals surface area contributed by atoms with Crippen LogP contribution in [0.3, 0.4) is 0 Å². The molecule has 1 aromatic carbocycles. The summed E-state index contributed by atoms with van der Waals surface area (Å²) in [5.41, 5.74) is 5.13. The zero-order valence-electron chi connectivity index (χ0n) is 16.0. The number of hydrogen-bond donors (Lipinski definition) is 0. The minimum absolute atomic E-state index is 0.0409. The van der Waals surface area contributed by atoms with Crippen molar-refractivity contribution >= 4 is 11.9 Å². The molecule has 0 N–H and O–H groups in total. The van der Waals surface area contributed by atoms with Crippen molar-refractivity contribution in [1.82, 2.24) is 0 Å². The summed E-state index contributed by atoms with van der Waals surface area (Å²) in [5, 5.41) is 0. The monoisotopic (exact) mass is 362 g/mol. The van der Waals surface area contributed by atoms with Crippen LogP contribution in [0.25, 0.3) is 5.57 Å². The Morgan fingerprint density at radius 1 is 1.26 bits per heavy atom. The van der Waals surface area contributed by atoms with E-state index in [2.05, 4.69) is 25.1 Å². The fourth-order valence-electron chi connectivity index (χ4n) is 6.37. The van der Waals surface area contributed by atoms with E-state index in [4.69, 9.17) is 9.15 Å². The topological polar surface area (TPSA) is 39.4 Å². The van der Waals surface area contributed by atoms with Crippen LogP contribution in [-0.2, 0) is 11.2 Å². The second-order valence-corrected chi connectivity index (χ2v) is 8.64. The summed E-state index contributed by atoms with van der Waals surface area (Å²) in [6, 6.07) is 10.5. The van der Waals surface area contributed by atoms with Gasteiger partial charge in [0.25, 0.3) is 0 Å². The Balaban J connectivity index is 1.53. The minimum atomic E-state index is 0.0409. The number of benzene rings is 1. The fourth-order valence-corrected chi connectivity index (χ4v) is 6.37. The number of aryl methyl sites for hydroxylation is 1. The smallest absolute Gasteiger partial charge is 0.146 e. The Bertz CT molecular complexity index is 908. The third kappa shape index (κ3) is 2.37. The number of hydrogen-bond acceptors (Lipinski definition) is 3. The molecule has 3 nitrogen and oxygen atoms in total. The highest BCUT2D eigenvalue weighted by atomic mass is 16.5. The largest absolute Gasteiger partial charge is 0.497 e. The molecule has 3 aliphatic rings. The Labute approximate surface area is 160 Å². The SMILES string of the molecule is COc1ccc2c(c1)CC[C@@H]1[C@@H]2CC[C@]2(C)C(c3ccco3)=C(C=O)C[C@@H]12. The molecule has 3 heteroatoms. The summed E-state index contributed by atoms with van der Waals surface area (Å²) in [5.74, 6) is 3.60. The van der Waals surface area contributed by atoms with Crippen LogP contribution in [0.1, 0.15) is 55.4 Å². The van der Waals surface area contributed by atoms with Crippen molar-refractivity contribution in [3.8, 4) is 5.75 Å². The van der Waals surface area contributed by atoms with Crippen molar-refractivity contribution in [1.29, 1.82) is 0 Å². The predicted molar refractivity (Wildman–Crippen MR) is 105 cm³/mol. The lowest BCUT2D eigenvalue weighted by Crippen LogP contribution is -2.40. The molecule has 0 saturated heterocycles. The van der Waals surface area contributed by atoms with Crippen LogP contribution in [0, 0.1) is 17.3 Å². The molecule has 27 heavy (non-hydrogen) atoms. The van der Waals surface area contributed by atoms with Gasteiger partial charge in [-0.2, -0.15) is 0 Å². The average Bonchev–Trinajstić information content (AvgIpc) is 3.31. The molecule has 140 valence electrons. The van der Waals surface area contributed by atoms with E-state index >= 15 is 0 Å². The maximum Gasteiger partial charge on any atom is 0.146 e. The third-order valence-corrected chi connectivity index (χ3v) is 7.57. The summed E-state index contributed by atoms with van der Waals surface area (Å²) in [6.07, 6.45) is 8.28. The Morgan fingerprint density at radius 3 is 2.89 bits per heavy atom. The van der Waals surface area contributed by atoms with Crippen LogP contribution in [0.4, 0.5) is 0 Å². The molecule has 1 heterocycles. The first-order valence-corrected chi connectivity index (χ1v) is 10.0. The second-order valence-electron chi connectivity index (χ2n) is 8.64. The molecule has 0 radical (unpaired) electrons. The molecule has 0 unspecified atom stereocenters.